The summed E-state index contributed by atoms with van der Waals surface area (Å²) in [6.07, 6.45) is 1.89. The summed E-state index contributed by atoms with van der Waals surface area (Å²) in [4.78, 5) is 4.16. The molecule has 0 fully saturated rings. The number of imidazole rings is 1. The minimum atomic E-state index is 0.495. The molecule has 4 heteroatoms. The topological polar surface area (TPSA) is 17.3 Å². The minimum absolute atomic E-state index is 0.495. The first-order valence-corrected chi connectivity index (χ1v) is 4.56. The molecule has 0 atom stereocenters. The van der Waals surface area contributed by atoms with Crippen LogP contribution in [0.5, 0.6) is 0 Å². The Balaban J connectivity index is 2.82. The van der Waals surface area contributed by atoms with Crippen LogP contribution in [-0.2, 0) is 5.75 Å². The average molecular weight is 199 g/mol. The van der Waals surface area contributed by atoms with Crippen molar-refractivity contribution in [3.63, 3.8) is 0 Å². The third-order valence-corrected chi connectivity index (χ3v) is 2.30. The van der Waals surface area contributed by atoms with Gasteiger partial charge in [-0.25, -0.2) is 4.98 Å². The maximum absolute atomic E-state index is 5.87. The second kappa shape index (κ2) is 2.99. The van der Waals surface area contributed by atoms with Gasteiger partial charge in [0.2, 0.25) is 5.28 Å². The molecule has 0 unspecified atom stereocenters. The smallest absolute Gasteiger partial charge is 0.207 e. The van der Waals surface area contributed by atoms with Crippen molar-refractivity contribution in [3.05, 3.63) is 35.4 Å². The zero-order valence-corrected chi connectivity index (χ0v) is 7.89. The van der Waals surface area contributed by atoms with Gasteiger partial charge in [-0.15, -0.1) is 0 Å². The number of halogens is 1. The number of thiol groups is 1. The van der Waals surface area contributed by atoms with Gasteiger partial charge in [-0.1, -0.05) is 6.07 Å². The highest BCUT2D eigenvalue weighted by Gasteiger charge is 2.05. The van der Waals surface area contributed by atoms with Crippen LogP contribution in [0.2, 0.25) is 5.28 Å². The summed E-state index contributed by atoms with van der Waals surface area (Å²) in [7, 11) is 0. The maximum Gasteiger partial charge on any atom is 0.207 e. The van der Waals surface area contributed by atoms with Gasteiger partial charge in [0.1, 0.15) is 0 Å². The summed E-state index contributed by atoms with van der Waals surface area (Å²) in [6, 6.07) is 5.85. The fraction of sp³-hybridized carbons (Fsp3) is 0.125. The molecule has 0 saturated carbocycles. The highest BCUT2D eigenvalue weighted by molar-refractivity contribution is 7.79. The second-order valence-electron chi connectivity index (χ2n) is 2.44. The summed E-state index contributed by atoms with van der Waals surface area (Å²) in [5.74, 6) is 0.611. The van der Waals surface area contributed by atoms with E-state index in [0.29, 0.717) is 11.0 Å². The Morgan fingerprint density at radius 2 is 2.33 bits per heavy atom. The summed E-state index contributed by atoms with van der Waals surface area (Å²) in [5.41, 5.74) is 1.95. The van der Waals surface area contributed by atoms with Crippen LogP contribution in [0.3, 0.4) is 0 Å². The van der Waals surface area contributed by atoms with Crippen LogP contribution in [0.25, 0.3) is 5.52 Å². The zero-order valence-electron chi connectivity index (χ0n) is 6.24. The fourth-order valence-corrected chi connectivity index (χ4v) is 1.66. The van der Waals surface area contributed by atoms with Gasteiger partial charge in [0.15, 0.2) is 0 Å². The number of hydrogen-bond acceptors (Lipinski definition) is 2. The Morgan fingerprint density at radius 1 is 1.50 bits per heavy atom. The van der Waals surface area contributed by atoms with Crippen molar-refractivity contribution >= 4 is 29.7 Å². The molecule has 62 valence electrons. The van der Waals surface area contributed by atoms with Gasteiger partial charge in [0.05, 0.1) is 11.2 Å². The molecule has 0 amide bonds. The van der Waals surface area contributed by atoms with Gasteiger partial charge >= 0.3 is 0 Å². The third kappa shape index (κ3) is 1.09. The van der Waals surface area contributed by atoms with Gasteiger partial charge in [-0.3, -0.25) is 4.40 Å². The first kappa shape index (κ1) is 7.95. The third-order valence-electron chi connectivity index (χ3n) is 1.73. The molecule has 0 aliphatic rings. The van der Waals surface area contributed by atoms with Crippen molar-refractivity contribution in [1.29, 1.82) is 0 Å². The Kier molecular flexibility index (Phi) is 1.98. The molecule has 2 rings (SSSR count). The predicted molar refractivity (Wildman–Crippen MR) is 52.9 cm³/mol. The SMILES string of the molecule is SCc1nc(Cl)n2ccccc12. The average Bonchev–Trinajstić information content (AvgIpc) is 2.44. The van der Waals surface area contributed by atoms with E-state index in [1.54, 1.807) is 0 Å². The van der Waals surface area contributed by atoms with Crippen molar-refractivity contribution in [2.24, 2.45) is 0 Å². The molecule has 2 aromatic rings. The van der Waals surface area contributed by atoms with E-state index in [2.05, 4.69) is 17.6 Å². The Labute approximate surface area is 80.6 Å². The molecule has 12 heavy (non-hydrogen) atoms. The van der Waals surface area contributed by atoms with E-state index in [1.807, 2.05) is 28.8 Å². The van der Waals surface area contributed by atoms with Crippen LogP contribution in [0, 0.1) is 0 Å². The summed E-state index contributed by atoms with van der Waals surface area (Å²) in [5, 5.41) is 0.495. The number of hydrogen-bond donors (Lipinski definition) is 1. The molecule has 2 heterocycles. The number of pyridine rings is 1. The van der Waals surface area contributed by atoms with Crippen LogP contribution >= 0.6 is 24.2 Å². The molecule has 0 spiro atoms. The van der Waals surface area contributed by atoms with Crippen LogP contribution in [0.4, 0.5) is 0 Å². The van der Waals surface area contributed by atoms with E-state index in [1.165, 1.54) is 0 Å². The molecule has 0 N–H and O–H groups in total. The molecule has 2 nitrogen and oxygen atoms in total. The van der Waals surface area contributed by atoms with E-state index in [0.717, 1.165) is 11.2 Å². The molecule has 0 aromatic carbocycles. The van der Waals surface area contributed by atoms with Gasteiger partial charge < -0.3 is 0 Å². The predicted octanol–water partition coefficient (Wildman–Crippen LogP) is 2.42. The van der Waals surface area contributed by atoms with Gasteiger partial charge in [0.25, 0.3) is 0 Å². The van der Waals surface area contributed by atoms with E-state index in [-0.39, 0.29) is 0 Å². The second-order valence-corrected chi connectivity index (χ2v) is 3.10. The maximum atomic E-state index is 5.87. The summed E-state index contributed by atoms with van der Waals surface area (Å²) in [6.45, 7) is 0. The van der Waals surface area contributed by atoms with Gasteiger partial charge in [-0.05, 0) is 23.7 Å². The monoisotopic (exact) mass is 198 g/mol. The molecule has 0 radical (unpaired) electrons. The van der Waals surface area contributed by atoms with Crippen molar-refractivity contribution < 1.29 is 0 Å². The first-order chi connectivity index (χ1) is 5.83. The standard InChI is InChI=1S/C8H7ClN2S/c9-8-10-6(5-12)7-3-1-2-4-11(7)8/h1-4,12H,5H2. The largest absolute Gasteiger partial charge is 0.290 e. The van der Waals surface area contributed by atoms with E-state index in [4.69, 9.17) is 11.6 Å². The molecule has 0 aliphatic carbocycles. The van der Waals surface area contributed by atoms with E-state index < -0.39 is 0 Å². The van der Waals surface area contributed by atoms with Crippen LogP contribution in [0.15, 0.2) is 24.4 Å². The lowest BCUT2D eigenvalue weighted by Crippen LogP contribution is -1.81. The van der Waals surface area contributed by atoms with Crippen molar-refractivity contribution in [2.75, 3.05) is 0 Å². The molecular weight excluding hydrogens is 192 g/mol. The quantitative estimate of drug-likeness (QED) is 0.697. The van der Waals surface area contributed by atoms with Crippen LogP contribution in [-0.4, -0.2) is 9.38 Å². The molecule has 0 aliphatic heterocycles. The minimum Gasteiger partial charge on any atom is -0.290 e. The van der Waals surface area contributed by atoms with Gasteiger partial charge in [0, 0.05) is 11.9 Å². The molecular formula is C8H7ClN2S. The highest BCUT2D eigenvalue weighted by Crippen LogP contribution is 2.17. The lowest BCUT2D eigenvalue weighted by atomic mass is 10.3. The lowest BCUT2D eigenvalue weighted by molar-refractivity contribution is 1.15. The summed E-state index contributed by atoms with van der Waals surface area (Å²) < 4.78 is 1.84. The Bertz CT molecular complexity index is 410. The number of rotatable bonds is 1. The molecule has 0 bridgehead atoms. The normalized spacial score (nSPS) is 10.8. The lowest BCUT2D eigenvalue weighted by Gasteiger charge is -1.92. The zero-order chi connectivity index (χ0) is 8.55. The van der Waals surface area contributed by atoms with Crippen molar-refractivity contribution in [1.82, 2.24) is 9.38 Å². The summed E-state index contributed by atoms with van der Waals surface area (Å²) >= 11 is 10.0. The van der Waals surface area contributed by atoms with E-state index in [9.17, 15) is 0 Å². The molecule has 2 aromatic heterocycles. The Hall–Kier alpha value is -0.670. The highest BCUT2D eigenvalue weighted by atomic mass is 35.5. The number of nitrogens with zero attached hydrogens (tertiary/aromatic N) is 2. The Morgan fingerprint density at radius 3 is 3.08 bits per heavy atom. The number of fused-ring (bicyclic) bond motifs is 1. The molecule has 0 saturated heterocycles. The van der Waals surface area contributed by atoms with Crippen LogP contribution in [0.1, 0.15) is 5.69 Å². The van der Waals surface area contributed by atoms with Crippen LogP contribution < -0.4 is 0 Å². The first-order valence-electron chi connectivity index (χ1n) is 3.55. The van der Waals surface area contributed by atoms with E-state index >= 15 is 0 Å². The van der Waals surface area contributed by atoms with Crippen molar-refractivity contribution in [2.45, 2.75) is 5.75 Å². The van der Waals surface area contributed by atoms with Crippen molar-refractivity contribution in [3.8, 4) is 0 Å². The number of aromatic nitrogens is 2. The van der Waals surface area contributed by atoms with Gasteiger partial charge in [-0.2, -0.15) is 12.6 Å². The fourth-order valence-electron chi connectivity index (χ4n) is 1.18.